The highest BCUT2D eigenvalue weighted by Crippen LogP contribution is 2.34. The summed E-state index contributed by atoms with van der Waals surface area (Å²) >= 11 is 0. The van der Waals surface area contributed by atoms with E-state index < -0.39 is 34.2 Å². The highest BCUT2D eigenvalue weighted by atomic mass is 32.2. The maximum Gasteiger partial charge on any atom is 0.418 e. The molecule has 1 aliphatic rings. The van der Waals surface area contributed by atoms with E-state index in [9.17, 15) is 26.4 Å². The van der Waals surface area contributed by atoms with E-state index in [1.54, 1.807) is 6.92 Å². The summed E-state index contributed by atoms with van der Waals surface area (Å²) in [5, 5.41) is 2.14. The minimum atomic E-state index is -4.60. The third-order valence-corrected chi connectivity index (χ3v) is 5.40. The van der Waals surface area contributed by atoms with Crippen molar-refractivity contribution in [1.29, 1.82) is 0 Å². The first-order valence-corrected chi connectivity index (χ1v) is 8.18. The molecule has 1 aromatic rings. The predicted molar refractivity (Wildman–Crippen MR) is 74.6 cm³/mol. The lowest BCUT2D eigenvalue weighted by molar-refractivity contribution is -0.137. The molecule has 1 heterocycles. The normalized spacial score (nSPS) is 21.7. The Bertz CT molecular complexity index is 673. The first kappa shape index (κ1) is 16.8. The molecule has 1 atom stereocenters. The van der Waals surface area contributed by atoms with Crippen LogP contribution in [-0.2, 0) is 21.0 Å². The smallest absolute Gasteiger partial charge is 0.324 e. The molecule has 22 heavy (non-hydrogen) atoms. The Morgan fingerprint density at radius 3 is 2.55 bits per heavy atom. The minimum absolute atomic E-state index is 0.0550. The van der Waals surface area contributed by atoms with E-state index in [-0.39, 0.29) is 17.5 Å². The van der Waals surface area contributed by atoms with Gasteiger partial charge < -0.3 is 5.32 Å². The molecule has 0 spiro atoms. The molecule has 122 valence electrons. The molecule has 0 aliphatic carbocycles. The van der Waals surface area contributed by atoms with Gasteiger partial charge in [0.25, 0.3) is 0 Å². The van der Waals surface area contributed by atoms with E-state index in [1.165, 1.54) is 12.1 Å². The molecule has 1 aliphatic heterocycles. The Morgan fingerprint density at radius 2 is 2.00 bits per heavy atom. The van der Waals surface area contributed by atoms with Crippen molar-refractivity contribution in [2.45, 2.75) is 25.6 Å². The first-order valence-electron chi connectivity index (χ1n) is 6.57. The van der Waals surface area contributed by atoms with Crippen molar-refractivity contribution in [2.75, 3.05) is 17.6 Å². The number of alkyl halides is 3. The van der Waals surface area contributed by atoms with Crippen LogP contribution in [0, 0.1) is 0 Å². The van der Waals surface area contributed by atoms with Gasteiger partial charge in [-0.3, -0.25) is 4.79 Å². The monoisotopic (exact) mass is 336 g/mol. The molecule has 5 nitrogen and oxygen atoms in total. The highest BCUT2D eigenvalue weighted by molar-refractivity contribution is 7.89. The zero-order valence-corrected chi connectivity index (χ0v) is 12.5. The second kappa shape index (κ2) is 5.88. The van der Waals surface area contributed by atoms with Crippen molar-refractivity contribution in [3.8, 4) is 0 Å². The fourth-order valence-electron chi connectivity index (χ4n) is 2.28. The average Bonchev–Trinajstić information content (AvgIpc) is 2.65. The standard InChI is InChI=1S/C13H15F3N2O3S/c1-9-6-7-22(20,21)18(9)8-12(19)17-11-5-3-2-4-10(11)13(14,15)16/h2-5,9H,6-8H2,1H3,(H,17,19). The van der Waals surface area contributed by atoms with Crippen LogP contribution < -0.4 is 5.32 Å². The van der Waals surface area contributed by atoms with Crippen LogP contribution in [0.15, 0.2) is 24.3 Å². The van der Waals surface area contributed by atoms with E-state index in [1.807, 2.05) is 0 Å². The minimum Gasteiger partial charge on any atom is -0.324 e. The molecule has 0 saturated carbocycles. The van der Waals surface area contributed by atoms with Gasteiger partial charge in [-0.25, -0.2) is 8.42 Å². The zero-order chi connectivity index (χ0) is 16.5. The summed E-state index contributed by atoms with van der Waals surface area (Å²) in [6.07, 6.45) is -4.20. The Balaban J connectivity index is 2.14. The topological polar surface area (TPSA) is 66.5 Å². The number of halogens is 3. The van der Waals surface area contributed by atoms with Crippen LogP contribution in [0.5, 0.6) is 0 Å². The molecule has 1 saturated heterocycles. The van der Waals surface area contributed by atoms with Crippen LogP contribution >= 0.6 is 0 Å². The fourth-order valence-corrected chi connectivity index (χ4v) is 4.12. The number of sulfonamides is 1. The molecule has 1 amide bonds. The number of benzene rings is 1. The van der Waals surface area contributed by atoms with E-state index >= 15 is 0 Å². The third-order valence-electron chi connectivity index (χ3n) is 3.45. The summed E-state index contributed by atoms with van der Waals surface area (Å²) in [6, 6.07) is 4.22. The van der Waals surface area contributed by atoms with Gasteiger partial charge in [0.1, 0.15) is 0 Å². The van der Waals surface area contributed by atoms with Crippen LogP contribution in [0.1, 0.15) is 18.9 Å². The number of para-hydroxylation sites is 1. The van der Waals surface area contributed by atoms with Gasteiger partial charge in [-0.15, -0.1) is 0 Å². The van der Waals surface area contributed by atoms with Gasteiger partial charge in [-0.2, -0.15) is 17.5 Å². The van der Waals surface area contributed by atoms with Crippen molar-refractivity contribution >= 4 is 21.6 Å². The van der Waals surface area contributed by atoms with Gasteiger partial charge >= 0.3 is 6.18 Å². The lowest BCUT2D eigenvalue weighted by Crippen LogP contribution is -2.38. The molecule has 0 aromatic heterocycles. The molecule has 1 unspecified atom stereocenters. The van der Waals surface area contributed by atoms with Gasteiger partial charge in [0, 0.05) is 6.04 Å². The maximum absolute atomic E-state index is 12.8. The molecule has 0 radical (unpaired) electrons. The SMILES string of the molecule is CC1CCS(=O)(=O)N1CC(=O)Nc1ccccc1C(F)(F)F. The zero-order valence-electron chi connectivity index (χ0n) is 11.7. The third kappa shape index (κ3) is 3.58. The van der Waals surface area contributed by atoms with Crippen LogP contribution in [0.4, 0.5) is 18.9 Å². The van der Waals surface area contributed by atoms with Crippen LogP contribution in [0.3, 0.4) is 0 Å². The Hall–Kier alpha value is -1.61. The van der Waals surface area contributed by atoms with E-state index in [2.05, 4.69) is 5.32 Å². The lowest BCUT2D eigenvalue weighted by atomic mass is 10.1. The van der Waals surface area contributed by atoms with Gasteiger partial charge in [-0.1, -0.05) is 12.1 Å². The number of amides is 1. The summed E-state index contributed by atoms with van der Waals surface area (Å²) in [5.74, 6) is -0.852. The summed E-state index contributed by atoms with van der Waals surface area (Å²) < 4.78 is 63.0. The molecule has 1 fully saturated rings. The van der Waals surface area contributed by atoms with Crippen LogP contribution in [-0.4, -0.2) is 37.0 Å². The molecule has 2 rings (SSSR count). The lowest BCUT2D eigenvalue weighted by Gasteiger charge is -2.20. The molecule has 1 N–H and O–H groups in total. The van der Waals surface area contributed by atoms with Crippen molar-refractivity contribution < 1.29 is 26.4 Å². The van der Waals surface area contributed by atoms with Crippen molar-refractivity contribution in [3.63, 3.8) is 0 Å². The van der Waals surface area contributed by atoms with Gasteiger partial charge in [0.2, 0.25) is 15.9 Å². The number of carbonyl (C=O) groups excluding carboxylic acids is 1. The Labute approximate surface area is 126 Å². The number of carbonyl (C=O) groups is 1. The fraction of sp³-hybridized carbons (Fsp3) is 0.462. The number of rotatable bonds is 3. The van der Waals surface area contributed by atoms with Crippen molar-refractivity contribution in [3.05, 3.63) is 29.8 Å². The van der Waals surface area contributed by atoms with E-state index in [4.69, 9.17) is 0 Å². The molecular weight excluding hydrogens is 321 g/mol. The number of anilines is 1. The number of hydrogen-bond acceptors (Lipinski definition) is 3. The quantitative estimate of drug-likeness (QED) is 0.919. The maximum atomic E-state index is 12.8. The van der Waals surface area contributed by atoms with Gasteiger partial charge in [0.15, 0.2) is 0 Å². The van der Waals surface area contributed by atoms with Crippen LogP contribution in [0.2, 0.25) is 0 Å². The van der Waals surface area contributed by atoms with E-state index in [0.717, 1.165) is 16.4 Å². The number of nitrogens with zero attached hydrogens (tertiary/aromatic N) is 1. The molecule has 0 bridgehead atoms. The summed E-state index contributed by atoms with van der Waals surface area (Å²) in [6.45, 7) is 1.16. The van der Waals surface area contributed by atoms with E-state index in [0.29, 0.717) is 6.42 Å². The van der Waals surface area contributed by atoms with Crippen molar-refractivity contribution in [1.82, 2.24) is 4.31 Å². The molecule has 9 heteroatoms. The van der Waals surface area contributed by atoms with Crippen molar-refractivity contribution in [2.24, 2.45) is 0 Å². The Kier molecular flexibility index (Phi) is 4.48. The molecular formula is C13H15F3N2O3S. The second-order valence-corrected chi connectivity index (χ2v) is 7.13. The largest absolute Gasteiger partial charge is 0.418 e. The first-order chi connectivity index (χ1) is 10.1. The highest BCUT2D eigenvalue weighted by Gasteiger charge is 2.37. The summed E-state index contributed by atoms with van der Waals surface area (Å²) in [4.78, 5) is 11.9. The van der Waals surface area contributed by atoms with Crippen LogP contribution in [0.25, 0.3) is 0 Å². The predicted octanol–water partition coefficient (Wildman–Crippen LogP) is 2.07. The number of nitrogens with one attached hydrogen (secondary N) is 1. The molecule has 1 aromatic carbocycles. The second-order valence-electron chi connectivity index (χ2n) is 5.09. The summed E-state index contributed by atoms with van der Waals surface area (Å²) in [7, 11) is -3.51. The van der Waals surface area contributed by atoms with Gasteiger partial charge in [0.05, 0.1) is 23.5 Å². The summed E-state index contributed by atoms with van der Waals surface area (Å²) in [5.41, 5.74) is -1.36. The number of hydrogen-bond donors (Lipinski definition) is 1. The van der Waals surface area contributed by atoms with Gasteiger partial charge in [-0.05, 0) is 25.5 Å². The average molecular weight is 336 g/mol. The Morgan fingerprint density at radius 1 is 1.36 bits per heavy atom.